The molecule has 4 heterocycles. The fourth-order valence-corrected chi connectivity index (χ4v) is 3.71. The van der Waals surface area contributed by atoms with Gasteiger partial charge in [-0.25, -0.2) is 4.98 Å². The number of anilines is 1. The van der Waals surface area contributed by atoms with Gasteiger partial charge in [-0.1, -0.05) is 6.07 Å². The predicted molar refractivity (Wildman–Crippen MR) is 109 cm³/mol. The first-order chi connectivity index (χ1) is 13.7. The normalized spacial score (nSPS) is 14.7. The summed E-state index contributed by atoms with van der Waals surface area (Å²) in [6, 6.07) is 10.5. The Labute approximate surface area is 163 Å². The van der Waals surface area contributed by atoms with E-state index in [0.29, 0.717) is 0 Å². The van der Waals surface area contributed by atoms with Crippen molar-refractivity contribution in [1.29, 1.82) is 0 Å². The average Bonchev–Trinajstić information content (AvgIpc) is 3.32. The van der Waals surface area contributed by atoms with Crippen molar-refractivity contribution in [2.24, 2.45) is 7.05 Å². The first-order valence-corrected chi connectivity index (χ1v) is 9.47. The maximum Gasteiger partial charge on any atom is 0.129 e. The van der Waals surface area contributed by atoms with Gasteiger partial charge in [0.2, 0.25) is 0 Å². The Morgan fingerprint density at radius 3 is 2.71 bits per heavy atom. The van der Waals surface area contributed by atoms with Crippen molar-refractivity contribution in [2.75, 3.05) is 31.2 Å². The summed E-state index contributed by atoms with van der Waals surface area (Å²) in [6.45, 7) is 5.29. The summed E-state index contributed by atoms with van der Waals surface area (Å²) >= 11 is 0. The molecule has 1 saturated heterocycles. The number of benzene rings is 1. The Hall–Kier alpha value is -3.19. The van der Waals surface area contributed by atoms with Crippen molar-refractivity contribution in [2.45, 2.75) is 6.92 Å². The molecule has 1 aliphatic heterocycles. The van der Waals surface area contributed by atoms with E-state index in [1.807, 2.05) is 30.2 Å². The zero-order chi connectivity index (χ0) is 19.1. The molecule has 5 rings (SSSR count). The molecular weight excluding hydrogens is 352 g/mol. The van der Waals surface area contributed by atoms with Gasteiger partial charge in [0.05, 0.1) is 24.9 Å². The lowest BCUT2D eigenvalue weighted by atomic mass is 10.0. The lowest BCUT2D eigenvalue weighted by molar-refractivity contribution is 0.122. The number of rotatable bonds is 3. The molecule has 1 N–H and O–H groups in total. The van der Waals surface area contributed by atoms with Crippen molar-refractivity contribution in [3.8, 4) is 22.4 Å². The van der Waals surface area contributed by atoms with Crippen LogP contribution in [0.4, 0.5) is 5.82 Å². The molecule has 7 heteroatoms. The van der Waals surface area contributed by atoms with Gasteiger partial charge >= 0.3 is 0 Å². The van der Waals surface area contributed by atoms with Gasteiger partial charge in [-0.15, -0.1) is 0 Å². The monoisotopic (exact) mass is 374 g/mol. The van der Waals surface area contributed by atoms with Crippen LogP contribution in [-0.4, -0.2) is 51.3 Å². The number of H-pyrrole nitrogens is 1. The number of aryl methyl sites for hydroxylation is 1. The van der Waals surface area contributed by atoms with Gasteiger partial charge in [-0.2, -0.15) is 10.2 Å². The van der Waals surface area contributed by atoms with Crippen LogP contribution in [0.2, 0.25) is 0 Å². The number of aromatic nitrogens is 5. The van der Waals surface area contributed by atoms with E-state index < -0.39 is 0 Å². The third-order valence-corrected chi connectivity index (χ3v) is 5.46. The van der Waals surface area contributed by atoms with Crippen LogP contribution in [0.25, 0.3) is 33.3 Å². The second-order valence-corrected chi connectivity index (χ2v) is 7.10. The summed E-state index contributed by atoms with van der Waals surface area (Å²) in [7, 11) is 1.96. The van der Waals surface area contributed by atoms with Gasteiger partial charge in [-0.3, -0.25) is 9.78 Å². The van der Waals surface area contributed by atoms with Crippen LogP contribution in [0.3, 0.4) is 0 Å². The number of pyridine rings is 1. The Morgan fingerprint density at radius 2 is 1.93 bits per heavy atom. The fourth-order valence-electron chi connectivity index (χ4n) is 3.71. The Bertz CT molecular complexity index is 1140. The first kappa shape index (κ1) is 16.9. The fraction of sp³-hybridized carbons (Fsp3) is 0.286. The molecule has 0 bridgehead atoms. The highest BCUT2D eigenvalue weighted by Crippen LogP contribution is 2.32. The quantitative estimate of drug-likeness (QED) is 0.596. The maximum atomic E-state index is 5.45. The van der Waals surface area contributed by atoms with Gasteiger partial charge < -0.3 is 9.64 Å². The van der Waals surface area contributed by atoms with Crippen molar-refractivity contribution < 1.29 is 4.74 Å². The van der Waals surface area contributed by atoms with Crippen molar-refractivity contribution in [3.63, 3.8) is 0 Å². The number of ether oxygens (including phenoxy) is 1. The molecule has 0 saturated carbocycles. The van der Waals surface area contributed by atoms with Crippen LogP contribution in [0.5, 0.6) is 0 Å². The van der Waals surface area contributed by atoms with Gasteiger partial charge in [0.15, 0.2) is 0 Å². The zero-order valence-corrected chi connectivity index (χ0v) is 16.0. The molecule has 1 fully saturated rings. The number of hydrogen-bond acceptors (Lipinski definition) is 5. The lowest BCUT2D eigenvalue weighted by Crippen LogP contribution is -2.36. The summed E-state index contributed by atoms with van der Waals surface area (Å²) in [4.78, 5) is 6.81. The van der Waals surface area contributed by atoms with Gasteiger partial charge in [0.1, 0.15) is 11.5 Å². The largest absolute Gasteiger partial charge is 0.378 e. The van der Waals surface area contributed by atoms with E-state index in [1.54, 1.807) is 0 Å². The third-order valence-electron chi connectivity index (χ3n) is 5.46. The molecule has 1 aliphatic rings. The second kappa shape index (κ2) is 6.76. The molecule has 0 spiro atoms. The van der Waals surface area contributed by atoms with E-state index >= 15 is 0 Å². The Kier molecular flexibility index (Phi) is 4.09. The minimum Gasteiger partial charge on any atom is -0.378 e. The first-order valence-electron chi connectivity index (χ1n) is 9.47. The molecule has 7 nitrogen and oxygen atoms in total. The van der Waals surface area contributed by atoms with E-state index in [1.165, 1.54) is 0 Å². The highest BCUT2D eigenvalue weighted by atomic mass is 16.5. The molecule has 142 valence electrons. The summed E-state index contributed by atoms with van der Waals surface area (Å²) in [5.74, 6) is 0.969. The molecule has 28 heavy (non-hydrogen) atoms. The molecule has 0 amide bonds. The summed E-state index contributed by atoms with van der Waals surface area (Å²) in [5, 5.41) is 13.2. The van der Waals surface area contributed by atoms with Crippen LogP contribution in [0.1, 0.15) is 5.69 Å². The zero-order valence-electron chi connectivity index (χ0n) is 16.0. The second-order valence-electron chi connectivity index (χ2n) is 7.10. The number of hydrogen-bond donors (Lipinski definition) is 1. The SMILES string of the molecule is Cc1c(-c2ccc3[nH]nc(-c4ccnc(N5CCOCC5)c4)c3c2)cnn1C. The molecule has 0 aliphatic carbocycles. The number of morpholine rings is 1. The molecular formula is C21H22N6O. The summed E-state index contributed by atoms with van der Waals surface area (Å²) in [6.07, 6.45) is 3.77. The highest BCUT2D eigenvalue weighted by molar-refractivity contribution is 5.96. The third kappa shape index (κ3) is 2.84. The van der Waals surface area contributed by atoms with Crippen molar-refractivity contribution in [3.05, 3.63) is 48.4 Å². The van der Waals surface area contributed by atoms with Gasteiger partial charge in [0, 0.05) is 48.5 Å². The van der Waals surface area contributed by atoms with Gasteiger partial charge in [-0.05, 0) is 36.8 Å². The van der Waals surface area contributed by atoms with Crippen LogP contribution >= 0.6 is 0 Å². The minimum atomic E-state index is 0.741. The standard InChI is InChI=1S/C21H22N6O/c1-14-18(13-23-26(14)2)15-3-4-19-17(11-15)21(25-24-19)16-5-6-22-20(12-16)27-7-9-28-10-8-27/h3-6,11-13H,7-10H2,1-2H3,(H,24,25). The molecule has 4 aromatic rings. The Morgan fingerprint density at radius 1 is 1.07 bits per heavy atom. The van der Waals surface area contributed by atoms with E-state index in [4.69, 9.17) is 4.74 Å². The van der Waals surface area contributed by atoms with E-state index in [2.05, 4.69) is 56.4 Å². The van der Waals surface area contributed by atoms with E-state index in [9.17, 15) is 0 Å². The minimum absolute atomic E-state index is 0.741. The lowest BCUT2D eigenvalue weighted by Gasteiger charge is -2.27. The summed E-state index contributed by atoms with van der Waals surface area (Å²) in [5.41, 5.74) is 6.44. The predicted octanol–water partition coefficient (Wildman–Crippen LogP) is 3.17. The number of aromatic amines is 1. The number of nitrogens with one attached hydrogen (secondary N) is 1. The number of nitrogens with zero attached hydrogens (tertiary/aromatic N) is 5. The topological polar surface area (TPSA) is 71.9 Å². The molecule has 0 atom stereocenters. The van der Waals surface area contributed by atoms with Gasteiger partial charge in [0.25, 0.3) is 0 Å². The Balaban J connectivity index is 1.58. The average molecular weight is 374 g/mol. The van der Waals surface area contributed by atoms with Crippen LogP contribution in [0.15, 0.2) is 42.7 Å². The molecule has 0 unspecified atom stereocenters. The molecule has 1 aromatic carbocycles. The summed E-state index contributed by atoms with van der Waals surface area (Å²) < 4.78 is 7.35. The molecule has 3 aromatic heterocycles. The maximum absolute atomic E-state index is 5.45. The van der Waals surface area contributed by atoms with Crippen LogP contribution in [-0.2, 0) is 11.8 Å². The van der Waals surface area contributed by atoms with Crippen molar-refractivity contribution in [1.82, 2.24) is 25.0 Å². The van der Waals surface area contributed by atoms with Crippen LogP contribution < -0.4 is 4.90 Å². The van der Waals surface area contributed by atoms with E-state index in [0.717, 1.165) is 71.1 Å². The van der Waals surface area contributed by atoms with Crippen LogP contribution in [0, 0.1) is 6.92 Å². The number of fused-ring (bicyclic) bond motifs is 1. The van der Waals surface area contributed by atoms with E-state index in [-0.39, 0.29) is 0 Å². The highest BCUT2D eigenvalue weighted by Gasteiger charge is 2.16. The van der Waals surface area contributed by atoms with Crippen molar-refractivity contribution >= 4 is 16.7 Å². The molecule has 0 radical (unpaired) electrons. The smallest absolute Gasteiger partial charge is 0.129 e.